The van der Waals surface area contributed by atoms with Gasteiger partial charge in [0.1, 0.15) is 6.04 Å². The van der Waals surface area contributed by atoms with Crippen molar-refractivity contribution in [2.75, 3.05) is 0 Å². The molecule has 1 fully saturated rings. The van der Waals surface area contributed by atoms with Crippen LogP contribution in [0.1, 0.15) is 20.8 Å². The van der Waals surface area contributed by atoms with Gasteiger partial charge in [-0.25, -0.2) is 0 Å². The van der Waals surface area contributed by atoms with Gasteiger partial charge in [0.25, 0.3) is 0 Å². The summed E-state index contributed by atoms with van der Waals surface area (Å²) in [4.78, 5) is 24.0. The Hall–Kier alpha value is -1.37. The molecule has 0 N–H and O–H groups in total. The van der Waals surface area contributed by atoms with Crippen LogP contribution in [0.15, 0.2) is 0 Å². The molecule has 0 bridgehead atoms. The number of carbonyl (C=O) groups is 2. The van der Waals surface area contributed by atoms with Crippen molar-refractivity contribution in [3.63, 3.8) is 0 Å². The van der Waals surface area contributed by atoms with Crippen molar-refractivity contribution in [1.29, 1.82) is 5.26 Å². The molecule has 3 unspecified atom stereocenters. The molecule has 4 heteroatoms. The fourth-order valence-corrected chi connectivity index (χ4v) is 1.41. The highest BCUT2D eigenvalue weighted by Crippen LogP contribution is 2.26. The Morgan fingerprint density at radius 2 is 1.69 bits per heavy atom. The second-order valence-corrected chi connectivity index (χ2v) is 3.43. The molecule has 4 nitrogen and oxygen atoms in total. The van der Waals surface area contributed by atoms with Gasteiger partial charge in [-0.3, -0.25) is 14.5 Å². The summed E-state index contributed by atoms with van der Waals surface area (Å²) in [5, 5.41) is 8.61. The van der Waals surface area contributed by atoms with E-state index in [1.165, 1.54) is 0 Å². The Kier molecular flexibility index (Phi) is 2.37. The maximum atomic E-state index is 11.5. The molecule has 3 atom stereocenters. The molecule has 0 aromatic heterocycles. The van der Waals surface area contributed by atoms with Crippen molar-refractivity contribution in [2.45, 2.75) is 26.8 Å². The molecule has 1 aliphatic rings. The van der Waals surface area contributed by atoms with Crippen LogP contribution in [0.3, 0.4) is 0 Å². The molecule has 0 aromatic carbocycles. The summed E-state index contributed by atoms with van der Waals surface area (Å²) in [6.07, 6.45) is 0. The zero-order valence-corrected chi connectivity index (χ0v) is 7.94. The van der Waals surface area contributed by atoms with Gasteiger partial charge in [0, 0.05) is 11.8 Å². The molecule has 2 amide bonds. The standard InChI is InChI=1S/C9H12N2O2/c1-5(4-10)11-8(12)6(2)7(3)9(11)13/h5-7H,1-3H3. The first-order chi connectivity index (χ1) is 6.00. The number of imide groups is 1. The maximum absolute atomic E-state index is 11.5. The van der Waals surface area contributed by atoms with Gasteiger partial charge in [0.05, 0.1) is 6.07 Å². The van der Waals surface area contributed by atoms with Crippen LogP contribution in [0.25, 0.3) is 0 Å². The Labute approximate surface area is 77.1 Å². The summed E-state index contributed by atoms with van der Waals surface area (Å²) >= 11 is 0. The third-order valence-corrected chi connectivity index (χ3v) is 2.58. The van der Waals surface area contributed by atoms with Gasteiger partial charge >= 0.3 is 0 Å². The lowest BCUT2D eigenvalue weighted by molar-refractivity contribution is -0.140. The summed E-state index contributed by atoms with van der Waals surface area (Å²) < 4.78 is 0. The van der Waals surface area contributed by atoms with E-state index in [1.807, 2.05) is 6.07 Å². The van der Waals surface area contributed by atoms with Crippen molar-refractivity contribution in [2.24, 2.45) is 11.8 Å². The Balaban J connectivity index is 2.96. The monoisotopic (exact) mass is 180 g/mol. The summed E-state index contributed by atoms with van der Waals surface area (Å²) in [5.74, 6) is -1.04. The molecule has 1 aliphatic heterocycles. The largest absolute Gasteiger partial charge is 0.274 e. The zero-order chi connectivity index (χ0) is 10.2. The minimum absolute atomic E-state index is 0.230. The van der Waals surface area contributed by atoms with Crippen LogP contribution in [0.5, 0.6) is 0 Å². The minimum atomic E-state index is -0.646. The SMILES string of the molecule is CC1C(=O)N(C(C)C#N)C(=O)C1C. The topological polar surface area (TPSA) is 61.2 Å². The molecule has 1 saturated heterocycles. The number of hydrogen-bond donors (Lipinski definition) is 0. The van der Waals surface area contributed by atoms with Crippen LogP contribution < -0.4 is 0 Å². The van der Waals surface area contributed by atoms with Crippen LogP contribution >= 0.6 is 0 Å². The second kappa shape index (κ2) is 3.17. The number of rotatable bonds is 1. The number of likely N-dealkylation sites (tertiary alicyclic amines) is 1. The normalized spacial score (nSPS) is 30.5. The molecule has 70 valence electrons. The Morgan fingerprint density at radius 3 is 2.00 bits per heavy atom. The molecular weight excluding hydrogens is 168 g/mol. The van der Waals surface area contributed by atoms with Gasteiger partial charge in [-0.1, -0.05) is 13.8 Å². The zero-order valence-electron chi connectivity index (χ0n) is 7.94. The molecule has 1 rings (SSSR count). The number of amides is 2. The quantitative estimate of drug-likeness (QED) is 0.553. The van der Waals surface area contributed by atoms with Crippen LogP contribution in [0.2, 0.25) is 0 Å². The minimum Gasteiger partial charge on any atom is -0.274 e. The second-order valence-electron chi connectivity index (χ2n) is 3.43. The molecule has 13 heavy (non-hydrogen) atoms. The molecule has 0 radical (unpaired) electrons. The van der Waals surface area contributed by atoms with Crippen molar-refractivity contribution in [3.8, 4) is 6.07 Å². The van der Waals surface area contributed by atoms with Crippen LogP contribution in [-0.4, -0.2) is 22.8 Å². The predicted molar refractivity (Wildman–Crippen MR) is 45.3 cm³/mol. The van der Waals surface area contributed by atoms with E-state index < -0.39 is 6.04 Å². The lowest BCUT2D eigenvalue weighted by Gasteiger charge is -2.16. The highest BCUT2D eigenvalue weighted by Gasteiger charge is 2.44. The third-order valence-electron chi connectivity index (χ3n) is 2.58. The van der Waals surface area contributed by atoms with Crippen molar-refractivity contribution in [3.05, 3.63) is 0 Å². The van der Waals surface area contributed by atoms with E-state index in [0.29, 0.717) is 0 Å². The van der Waals surface area contributed by atoms with E-state index in [9.17, 15) is 9.59 Å². The van der Waals surface area contributed by atoms with Crippen LogP contribution in [0.4, 0.5) is 0 Å². The lowest BCUT2D eigenvalue weighted by Crippen LogP contribution is -2.37. The predicted octanol–water partition coefficient (Wildman–Crippen LogP) is 0.539. The first kappa shape index (κ1) is 9.72. The van der Waals surface area contributed by atoms with Gasteiger partial charge in [-0.15, -0.1) is 0 Å². The molecular formula is C9H12N2O2. The summed E-state index contributed by atoms with van der Waals surface area (Å²) in [6, 6.07) is 1.25. The highest BCUT2D eigenvalue weighted by atomic mass is 16.2. The highest BCUT2D eigenvalue weighted by molar-refractivity contribution is 6.05. The van der Waals surface area contributed by atoms with Gasteiger partial charge < -0.3 is 0 Å². The Morgan fingerprint density at radius 1 is 1.31 bits per heavy atom. The van der Waals surface area contributed by atoms with Crippen LogP contribution in [-0.2, 0) is 9.59 Å². The summed E-state index contributed by atoms with van der Waals surface area (Å²) in [5.41, 5.74) is 0. The van der Waals surface area contributed by atoms with E-state index in [2.05, 4.69) is 0 Å². The average Bonchev–Trinajstić information content (AvgIpc) is 2.30. The Bertz CT molecular complexity index is 272. The number of carbonyl (C=O) groups excluding carboxylic acids is 2. The molecule has 0 spiro atoms. The summed E-state index contributed by atoms with van der Waals surface area (Å²) in [6.45, 7) is 4.99. The molecule has 1 heterocycles. The molecule has 0 aromatic rings. The maximum Gasteiger partial charge on any atom is 0.233 e. The average molecular weight is 180 g/mol. The first-order valence-corrected chi connectivity index (χ1v) is 4.27. The fraction of sp³-hybridized carbons (Fsp3) is 0.667. The number of nitrogens with zero attached hydrogens (tertiary/aromatic N) is 2. The number of nitriles is 1. The smallest absolute Gasteiger partial charge is 0.233 e. The van der Waals surface area contributed by atoms with Gasteiger partial charge in [0.15, 0.2) is 0 Å². The third kappa shape index (κ3) is 1.31. The van der Waals surface area contributed by atoms with E-state index in [-0.39, 0.29) is 23.7 Å². The first-order valence-electron chi connectivity index (χ1n) is 4.27. The van der Waals surface area contributed by atoms with E-state index in [1.54, 1.807) is 20.8 Å². The van der Waals surface area contributed by atoms with Crippen molar-refractivity contribution < 1.29 is 9.59 Å². The van der Waals surface area contributed by atoms with Crippen molar-refractivity contribution in [1.82, 2.24) is 4.90 Å². The van der Waals surface area contributed by atoms with E-state index >= 15 is 0 Å². The van der Waals surface area contributed by atoms with Crippen LogP contribution in [0, 0.1) is 23.2 Å². The van der Waals surface area contributed by atoms with Gasteiger partial charge in [-0.2, -0.15) is 5.26 Å². The lowest BCUT2D eigenvalue weighted by atomic mass is 10.00. The van der Waals surface area contributed by atoms with E-state index in [0.717, 1.165) is 4.90 Å². The molecule has 0 saturated carbocycles. The number of hydrogen-bond acceptors (Lipinski definition) is 3. The molecule has 0 aliphatic carbocycles. The summed E-state index contributed by atoms with van der Waals surface area (Å²) in [7, 11) is 0. The van der Waals surface area contributed by atoms with Gasteiger partial charge in [-0.05, 0) is 6.92 Å². The van der Waals surface area contributed by atoms with E-state index in [4.69, 9.17) is 5.26 Å². The van der Waals surface area contributed by atoms with Gasteiger partial charge in [0.2, 0.25) is 11.8 Å². The van der Waals surface area contributed by atoms with Crippen molar-refractivity contribution >= 4 is 11.8 Å². The fourth-order valence-electron chi connectivity index (χ4n) is 1.41.